The van der Waals surface area contributed by atoms with Crippen molar-refractivity contribution >= 4 is 39.6 Å². The maximum absolute atomic E-state index is 13.1. The molecule has 3 rings (SSSR count). The summed E-state index contributed by atoms with van der Waals surface area (Å²) in [7, 11) is 0. The number of rotatable bonds is 7. The predicted octanol–water partition coefficient (Wildman–Crippen LogP) is 5.74. The molecule has 176 valence electrons. The SMILES string of the molecule is CC(C)(C[C@H](Cc1ccccc1)C(=O)OC(C)(C)C)NC(=O)C1=Cc2cc(Br)ccc2NC1. The molecule has 6 heteroatoms. The molecule has 0 aromatic heterocycles. The molecule has 0 spiro atoms. The molecule has 0 fully saturated rings. The Kier molecular flexibility index (Phi) is 7.68. The van der Waals surface area contributed by atoms with Gasteiger partial charge in [-0.25, -0.2) is 0 Å². The summed E-state index contributed by atoms with van der Waals surface area (Å²) in [6.07, 6.45) is 2.93. The molecule has 0 bridgehead atoms. The summed E-state index contributed by atoms with van der Waals surface area (Å²) in [6, 6.07) is 15.9. The van der Waals surface area contributed by atoms with Crippen molar-refractivity contribution in [1.82, 2.24) is 5.32 Å². The zero-order chi connectivity index (χ0) is 24.2. The van der Waals surface area contributed by atoms with Crippen molar-refractivity contribution in [3.8, 4) is 0 Å². The van der Waals surface area contributed by atoms with Gasteiger partial charge in [-0.2, -0.15) is 0 Å². The molecule has 0 unspecified atom stereocenters. The minimum Gasteiger partial charge on any atom is -0.460 e. The fraction of sp³-hybridized carbons (Fsp3) is 0.407. The van der Waals surface area contributed by atoms with Gasteiger partial charge in [0.05, 0.1) is 5.92 Å². The molecule has 0 saturated heterocycles. The Balaban J connectivity index is 1.74. The number of carbonyl (C=O) groups is 2. The molecule has 1 heterocycles. The van der Waals surface area contributed by atoms with Gasteiger partial charge >= 0.3 is 5.97 Å². The maximum Gasteiger partial charge on any atom is 0.309 e. The fourth-order valence-corrected chi connectivity index (χ4v) is 4.35. The Morgan fingerprint density at radius 1 is 1.09 bits per heavy atom. The predicted molar refractivity (Wildman–Crippen MR) is 137 cm³/mol. The molecule has 1 aliphatic rings. The van der Waals surface area contributed by atoms with E-state index in [0.717, 1.165) is 21.3 Å². The van der Waals surface area contributed by atoms with Gasteiger partial charge in [-0.3, -0.25) is 9.59 Å². The van der Waals surface area contributed by atoms with Crippen LogP contribution in [0.5, 0.6) is 0 Å². The smallest absolute Gasteiger partial charge is 0.309 e. The molecule has 0 aliphatic carbocycles. The highest BCUT2D eigenvalue weighted by Gasteiger charge is 2.33. The molecule has 5 nitrogen and oxygen atoms in total. The van der Waals surface area contributed by atoms with Crippen molar-refractivity contribution in [2.24, 2.45) is 5.92 Å². The fourth-order valence-electron chi connectivity index (χ4n) is 3.97. The van der Waals surface area contributed by atoms with E-state index in [4.69, 9.17) is 4.74 Å². The third-order valence-electron chi connectivity index (χ3n) is 5.38. The lowest BCUT2D eigenvalue weighted by molar-refractivity contribution is -0.161. The molecule has 2 N–H and O–H groups in total. The van der Waals surface area contributed by atoms with Gasteiger partial charge in [0.25, 0.3) is 0 Å². The summed E-state index contributed by atoms with van der Waals surface area (Å²) >= 11 is 3.48. The summed E-state index contributed by atoms with van der Waals surface area (Å²) in [5.74, 6) is -0.760. The Morgan fingerprint density at radius 3 is 2.45 bits per heavy atom. The van der Waals surface area contributed by atoms with Gasteiger partial charge in [0.2, 0.25) is 5.91 Å². The molecule has 33 heavy (non-hydrogen) atoms. The first-order valence-electron chi connectivity index (χ1n) is 11.3. The van der Waals surface area contributed by atoms with Crippen LogP contribution in [0.15, 0.2) is 58.6 Å². The number of halogens is 1. The number of amides is 1. The number of ether oxygens (including phenoxy) is 1. The van der Waals surface area contributed by atoms with Crippen LogP contribution in [0.3, 0.4) is 0 Å². The van der Waals surface area contributed by atoms with Crippen molar-refractivity contribution in [3.05, 3.63) is 69.7 Å². The van der Waals surface area contributed by atoms with E-state index in [2.05, 4.69) is 26.6 Å². The summed E-state index contributed by atoms with van der Waals surface area (Å²) in [6.45, 7) is 9.97. The van der Waals surface area contributed by atoms with Crippen LogP contribution in [-0.4, -0.2) is 29.6 Å². The lowest BCUT2D eigenvalue weighted by Crippen LogP contribution is -2.47. The van der Waals surface area contributed by atoms with Crippen molar-refractivity contribution in [2.75, 3.05) is 11.9 Å². The van der Waals surface area contributed by atoms with Crippen LogP contribution in [0.2, 0.25) is 0 Å². The minimum absolute atomic E-state index is 0.138. The molecule has 2 aromatic rings. The number of esters is 1. The van der Waals surface area contributed by atoms with Crippen LogP contribution in [0.4, 0.5) is 5.69 Å². The molecular weight excluding hydrogens is 480 g/mol. The highest BCUT2D eigenvalue weighted by atomic mass is 79.9. The highest BCUT2D eigenvalue weighted by molar-refractivity contribution is 9.10. The van der Waals surface area contributed by atoms with Crippen LogP contribution >= 0.6 is 15.9 Å². The van der Waals surface area contributed by atoms with E-state index in [9.17, 15) is 9.59 Å². The minimum atomic E-state index is -0.605. The summed E-state index contributed by atoms with van der Waals surface area (Å²) in [5, 5.41) is 6.44. The van der Waals surface area contributed by atoms with Gasteiger partial charge in [0.15, 0.2) is 0 Å². The first kappa shape index (κ1) is 25.0. The Morgan fingerprint density at radius 2 is 1.79 bits per heavy atom. The van der Waals surface area contributed by atoms with Crippen LogP contribution in [0.25, 0.3) is 6.08 Å². The third-order valence-corrected chi connectivity index (χ3v) is 5.87. The van der Waals surface area contributed by atoms with Crippen molar-refractivity contribution in [3.63, 3.8) is 0 Å². The first-order chi connectivity index (χ1) is 15.4. The van der Waals surface area contributed by atoms with Crippen LogP contribution < -0.4 is 10.6 Å². The molecule has 0 saturated carbocycles. The van der Waals surface area contributed by atoms with Gasteiger partial charge in [-0.1, -0.05) is 46.3 Å². The maximum atomic E-state index is 13.1. The largest absolute Gasteiger partial charge is 0.460 e. The first-order valence-corrected chi connectivity index (χ1v) is 12.0. The number of fused-ring (bicyclic) bond motifs is 1. The van der Waals surface area contributed by atoms with E-state index < -0.39 is 11.1 Å². The number of benzene rings is 2. The lowest BCUT2D eigenvalue weighted by Gasteiger charge is -2.32. The summed E-state index contributed by atoms with van der Waals surface area (Å²) in [4.78, 5) is 26.1. The molecule has 1 atom stereocenters. The number of carbonyl (C=O) groups excluding carboxylic acids is 2. The van der Waals surface area contributed by atoms with E-state index >= 15 is 0 Å². The zero-order valence-electron chi connectivity index (χ0n) is 20.0. The van der Waals surface area contributed by atoms with Gasteiger partial charge < -0.3 is 15.4 Å². The highest BCUT2D eigenvalue weighted by Crippen LogP contribution is 2.28. The van der Waals surface area contributed by atoms with Crippen LogP contribution in [0, 0.1) is 5.92 Å². The summed E-state index contributed by atoms with van der Waals surface area (Å²) in [5.41, 5.74) is 2.52. The van der Waals surface area contributed by atoms with Gasteiger partial charge in [0, 0.05) is 27.8 Å². The van der Waals surface area contributed by atoms with Crippen molar-refractivity contribution in [1.29, 1.82) is 0 Å². The van der Waals surface area contributed by atoms with Crippen LogP contribution in [0.1, 0.15) is 52.2 Å². The van der Waals surface area contributed by atoms with E-state index in [0.29, 0.717) is 25.0 Å². The third kappa shape index (κ3) is 7.46. The molecule has 2 aromatic carbocycles. The Labute approximate surface area is 205 Å². The second-order valence-corrected chi connectivity index (χ2v) is 11.1. The van der Waals surface area contributed by atoms with Crippen molar-refractivity contribution in [2.45, 2.75) is 58.6 Å². The number of hydrogen-bond acceptors (Lipinski definition) is 4. The lowest BCUT2D eigenvalue weighted by atomic mass is 9.86. The second-order valence-electron chi connectivity index (χ2n) is 10.2. The summed E-state index contributed by atoms with van der Waals surface area (Å²) < 4.78 is 6.67. The number of nitrogens with one attached hydrogen (secondary N) is 2. The monoisotopic (exact) mass is 512 g/mol. The Bertz CT molecular complexity index is 1040. The van der Waals surface area contributed by atoms with E-state index in [1.165, 1.54) is 0 Å². The normalized spacial score (nSPS) is 14.4. The van der Waals surface area contributed by atoms with Crippen LogP contribution in [-0.2, 0) is 20.7 Å². The molecule has 0 radical (unpaired) electrons. The number of hydrogen-bond donors (Lipinski definition) is 2. The average molecular weight is 513 g/mol. The molecule has 1 aliphatic heterocycles. The molecule has 1 amide bonds. The Hall–Kier alpha value is -2.60. The molecular formula is C27H33BrN2O3. The quantitative estimate of drug-likeness (QED) is 0.463. The van der Waals surface area contributed by atoms with Gasteiger partial charge in [0.1, 0.15) is 5.60 Å². The topological polar surface area (TPSA) is 67.4 Å². The standard InChI is InChI=1S/C27H33BrN2O3/c1-26(2,3)33-25(32)20(13-18-9-7-6-8-10-18)16-27(4,5)30-24(31)21-14-19-15-22(28)11-12-23(19)29-17-21/h6-12,14-15,20,29H,13,16-17H2,1-5H3,(H,30,31)/t20-/m0/s1. The van der Waals surface area contributed by atoms with E-state index in [1.54, 1.807) is 0 Å². The van der Waals surface area contributed by atoms with E-state index in [-0.39, 0.29) is 17.8 Å². The zero-order valence-corrected chi connectivity index (χ0v) is 21.6. The van der Waals surface area contributed by atoms with Gasteiger partial charge in [-0.05, 0) is 82.9 Å². The van der Waals surface area contributed by atoms with Crippen molar-refractivity contribution < 1.29 is 14.3 Å². The van der Waals surface area contributed by atoms with Gasteiger partial charge in [-0.15, -0.1) is 0 Å². The van der Waals surface area contributed by atoms with E-state index in [1.807, 2.05) is 89.2 Å². The second kappa shape index (κ2) is 10.1. The average Bonchev–Trinajstić information content (AvgIpc) is 2.71. The number of anilines is 1.